The summed E-state index contributed by atoms with van der Waals surface area (Å²) >= 11 is 0. The van der Waals surface area contributed by atoms with Crippen molar-refractivity contribution in [3.05, 3.63) is 54.0 Å². The van der Waals surface area contributed by atoms with Crippen molar-refractivity contribution in [2.75, 3.05) is 11.3 Å². The van der Waals surface area contributed by atoms with Crippen LogP contribution in [0.4, 0.5) is 5.95 Å². The maximum absolute atomic E-state index is 11.2. The molecule has 2 heterocycles. The lowest BCUT2D eigenvalue weighted by molar-refractivity contribution is 0.0697. The van der Waals surface area contributed by atoms with Crippen LogP contribution in [0.15, 0.2) is 52.2 Å². The average Bonchev–Trinajstić information content (AvgIpc) is 3.17. The predicted octanol–water partition coefficient (Wildman–Crippen LogP) is 1.40. The number of hydrogen-bond donors (Lipinski definition) is 3. The van der Waals surface area contributed by atoms with Crippen LogP contribution in [-0.4, -0.2) is 32.2 Å². The first kappa shape index (κ1) is 14.3. The number of nitrogen functional groups attached to an aromatic ring is 1. The van der Waals surface area contributed by atoms with Gasteiger partial charge < -0.3 is 15.4 Å². The van der Waals surface area contributed by atoms with E-state index in [0.29, 0.717) is 17.1 Å². The van der Waals surface area contributed by atoms with E-state index in [1.807, 2.05) is 0 Å². The van der Waals surface area contributed by atoms with Gasteiger partial charge in [0.2, 0.25) is 0 Å². The molecule has 3 aromatic rings. The molecule has 1 aromatic carbocycles. The van der Waals surface area contributed by atoms with Crippen molar-refractivity contribution in [2.24, 2.45) is 5.10 Å². The van der Waals surface area contributed by atoms with Crippen molar-refractivity contribution < 1.29 is 14.3 Å². The number of aromatic nitrogens is 3. The second-order valence-electron chi connectivity index (χ2n) is 4.48. The molecule has 0 radical (unpaired) electrons. The molecule has 0 amide bonds. The number of carboxylic acid groups (broad SMARTS) is 1. The number of hydrazone groups is 1. The van der Waals surface area contributed by atoms with E-state index in [0.717, 1.165) is 0 Å². The summed E-state index contributed by atoms with van der Waals surface area (Å²) < 4.78 is 6.76. The molecule has 0 aliphatic heterocycles. The van der Waals surface area contributed by atoms with Gasteiger partial charge in [0.1, 0.15) is 17.8 Å². The molecular weight excluding hydrogens is 300 g/mol. The Labute approximate surface area is 130 Å². The van der Waals surface area contributed by atoms with Crippen molar-refractivity contribution in [3.63, 3.8) is 0 Å². The minimum atomic E-state index is -1.02. The zero-order valence-corrected chi connectivity index (χ0v) is 11.7. The lowest BCUT2D eigenvalue weighted by atomic mass is 10.1. The van der Waals surface area contributed by atoms with Gasteiger partial charge >= 0.3 is 5.97 Å². The van der Waals surface area contributed by atoms with Gasteiger partial charge in [-0.3, -0.25) is 0 Å². The molecule has 0 atom stereocenters. The van der Waals surface area contributed by atoms with Crippen molar-refractivity contribution in [1.29, 1.82) is 0 Å². The number of benzene rings is 1. The van der Waals surface area contributed by atoms with Crippen LogP contribution in [0.1, 0.15) is 16.1 Å². The van der Waals surface area contributed by atoms with Gasteiger partial charge in [-0.2, -0.15) is 5.10 Å². The highest BCUT2D eigenvalue weighted by molar-refractivity contribution is 5.95. The van der Waals surface area contributed by atoms with Crippen LogP contribution in [0.3, 0.4) is 0 Å². The first-order valence-electron chi connectivity index (χ1n) is 6.52. The van der Waals surface area contributed by atoms with Crippen LogP contribution in [0.25, 0.3) is 11.3 Å². The fraction of sp³-hybridized carbons (Fsp3) is 0. The number of nitrogens with two attached hydrogens (primary N) is 1. The van der Waals surface area contributed by atoms with Gasteiger partial charge in [-0.1, -0.05) is 18.2 Å². The third-order valence-electron chi connectivity index (χ3n) is 2.98. The summed E-state index contributed by atoms with van der Waals surface area (Å²) in [5, 5.41) is 20.4. The van der Waals surface area contributed by atoms with Crippen LogP contribution in [0, 0.1) is 0 Å². The highest BCUT2D eigenvalue weighted by atomic mass is 16.4. The number of aromatic carboxylic acids is 1. The molecule has 23 heavy (non-hydrogen) atoms. The van der Waals surface area contributed by atoms with Gasteiger partial charge in [-0.05, 0) is 18.2 Å². The molecule has 0 saturated carbocycles. The molecule has 2 aromatic heterocycles. The zero-order valence-electron chi connectivity index (χ0n) is 11.7. The number of carboxylic acids is 1. The second-order valence-corrected chi connectivity index (χ2v) is 4.48. The monoisotopic (exact) mass is 312 g/mol. The Bertz CT molecular complexity index is 867. The van der Waals surface area contributed by atoms with Crippen molar-refractivity contribution in [2.45, 2.75) is 0 Å². The third-order valence-corrected chi connectivity index (χ3v) is 2.98. The summed E-state index contributed by atoms with van der Waals surface area (Å²) in [6.07, 6.45) is 2.74. The minimum Gasteiger partial charge on any atom is -0.478 e. The highest BCUT2D eigenvalue weighted by Gasteiger charge is 2.13. The summed E-state index contributed by atoms with van der Waals surface area (Å²) in [4.78, 5) is 11.2. The molecule has 0 fully saturated rings. The molecule has 0 bridgehead atoms. The SMILES string of the molecule is Nn1cnnc1N/N=C\c1ccc(-c2ccccc2C(=O)O)o1. The second kappa shape index (κ2) is 6.02. The van der Waals surface area contributed by atoms with Crippen molar-refractivity contribution in [3.8, 4) is 11.3 Å². The zero-order chi connectivity index (χ0) is 16.2. The summed E-state index contributed by atoms with van der Waals surface area (Å²) in [5.74, 6) is 5.65. The molecule has 3 rings (SSSR count). The summed E-state index contributed by atoms with van der Waals surface area (Å²) in [6, 6.07) is 9.95. The summed E-state index contributed by atoms with van der Waals surface area (Å²) in [7, 11) is 0. The van der Waals surface area contributed by atoms with Gasteiger partial charge in [0.25, 0.3) is 5.95 Å². The van der Waals surface area contributed by atoms with Crippen LogP contribution >= 0.6 is 0 Å². The number of anilines is 1. The molecule has 0 aliphatic carbocycles. The molecule has 9 heteroatoms. The van der Waals surface area contributed by atoms with E-state index in [1.165, 1.54) is 23.3 Å². The quantitative estimate of drug-likeness (QED) is 0.368. The minimum absolute atomic E-state index is 0.166. The number of carbonyl (C=O) groups is 1. The average molecular weight is 312 g/mol. The summed E-state index contributed by atoms with van der Waals surface area (Å²) in [5.41, 5.74) is 3.26. The topological polar surface area (TPSA) is 132 Å². The van der Waals surface area contributed by atoms with E-state index in [2.05, 4.69) is 20.7 Å². The Morgan fingerprint density at radius 1 is 1.35 bits per heavy atom. The third kappa shape index (κ3) is 3.02. The molecule has 4 N–H and O–H groups in total. The predicted molar refractivity (Wildman–Crippen MR) is 82.5 cm³/mol. The van der Waals surface area contributed by atoms with Crippen LogP contribution in [0.2, 0.25) is 0 Å². The van der Waals surface area contributed by atoms with Crippen LogP contribution in [0.5, 0.6) is 0 Å². The van der Waals surface area contributed by atoms with Gasteiger partial charge in [0.15, 0.2) is 0 Å². The van der Waals surface area contributed by atoms with E-state index >= 15 is 0 Å². The van der Waals surface area contributed by atoms with Gasteiger partial charge in [0, 0.05) is 5.56 Å². The van der Waals surface area contributed by atoms with E-state index in [9.17, 15) is 9.90 Å². The fourth-order valence-corrected chi connectivity index (χ4v) is 1.93. The molecule has 9 nitrogen and oxygen atoms in total. The van der Waals surface area contributed by atoms with Gasteiger partial charge in [0.05, 0.1) is 11.8 Å². The van der Waals surface area contributed by atoms with E-state index in [1.54, 1.807) is 30.3 Å². The number of rotatable bonds is 5. The fourth-order valence-electron chi connectivity index (χ4n) is 1.93. The Hall–Kier alpha value is -3.62. The Morgan fingerprint density at radius 3 is 2.91 bits per heavy atom. The number of furan rings is 1. The van der Waals surface area contributed by atoms with E-state index < -0.39 is 5.97 Å². The normalized spacial score (nSPS) is 11.0. The van der Waals surface area contributed by atoms with Gasteiger partial charge in [-0.15, -0.1) is 10.2 Å². The molecular formula is C14H12N6O3. The molecule has 0 spiro atoms. The Morgan fingerprint density at radius 2 is 2.17 bits per heavy atom. The summed E-state index contributed by atoms with van der Waals surface area (Å²) in [6.45, 7) is 0. The van der Waals surface area contributed by atoms with Crippen molar-refractivity contribution >= 4 is 18.1 Å². The number of hydrogen-bond acceptors (Lipinski definition) is 7. The van der Waals surface area contributed by atoms with Crippen molar-refractivity contribution in [1.82, 2.24) is 14.9 Å². The van der Waals surface area contributed by atoms with E-state index in [-0.39, 0.29) is 11.5 Å². The van der Waals surface area contributed by atoms with E-state index in [4.69, 9.17) is 10.3 Å². The standard InChI is InChI=1S/C14H12N6O3/c15-20-8-17-19-14(20)18-16-7-9-5-6-12(23-9)10-3-1-2-4-11(10)13(21)22/h1-8H,15H2,(H,18,19)(H,21,22)/b16-7-. The smallest absolute Gasteiger partial charge is 0.336 e. The van der Waals surface area contributed by atoms with Crippen LogP contribution < -0.4 is 11.3 Å². The molecule has 0 saturated heterocycles. The first-order chi connectivity index (χ1) is 11.1. The maximum Gasteiger partial charge on any atom is 0.336 e. The van der Waals surface area contributed by atoms with Crippen LogP contribution in [-0.2, 0) is 0 Å². The Balaban J connectivity index is 1.79. The molecule has 0 aliphatic rings. The number of nitrogens with zero attached hydrogens (tertiary/aromatic N) is 4. The lowest BCUT2D eigenvalue weighted by Gasteiger charge is -2.01. The maximum atomic E-state index is 11.2. The largest absolute Gasteiger partial charge is 0.478 e. The van der Waals surface area contributed by atoms with Gasteiger partial charge in [-0.25, -0.2) is 14.9 Å². The molecule has 0 unspecified atom stereocenters. The lowest BCUT2D eigenvalue weighted by Crippen LogP contribution is -2.10. The number of nitrogens with one attached hydrogen (secondary N) is 1. The highest BCUT2D eigenvalue weighted by Crippen LogP contribution is 2.25. The first-order valence-corrected chi connectivity index (χ1v) is 6.52. The molecule has 116 valence electrons. The Kier molecular flexibility index (Phi) is 3.75.